The molecule has 1 fully saturated rings. The minimum absolute atomic E-state index is 0.583. The van der Waals surface area contributed by atoms with E-state index in [9.17, 15) is 0 Å². The molecule has 0 spiro atoms. The van der Waals surface area contributed by atoms with Gasteiger partial charge >= 0.3 is 0 Å². The second kappa shape index (κ2) is 4.97. The van der Waals surface area contributed by atoms with Crippen LogP contribution in [0.5, 0.6) is 0 Å². The summed E-state index contributed by atoms with van der Waals surface area (Å²) in [5, 5.41) is 3.56. The number of hydrogen-bond donors (Lipinski definition) is 1. The molecule has 13 heavy (non-hydrogen) atoms. The fraction of sp³-hybridized carbons (Fsp3) is 1.00. The molecule has 0 radical (unpaired) electrons. The third-order valence-electron chi connectivity index (χ3n) is 3.09. The van der Waals surface area contributed by atoms with Crippen molar-refractivity contribution in [2.75, 3.05) is 13.2 Å². The van der Waals surface area contributed by atoms with Crippen LogP contribution in [0.1, 0.15) is 34.1 Å². The van der Waals surface area contributed by atoms with Gasteiger partial charge in [-0.15, -0.1) is 0 Å². The summed E-state index contributed by atoms with van der Waals surface area (Å²) in [6.07, 6.45) is 1.24. The van der Waals surface area contributed by atoms with Gasteiger partial charge in [0, 0.05) is 25.3 Å². The van der Waals surface area contributed by atoms with E-state index in [0.29, 0.717) is 12.1 Å². The zero-order valence-corrected chi connectivity index (χ0v) is 9.34. The summed E-state index contributed by atoms with van der Waals surface area (Å²) in [5.74, 6) is 1.49. The average Bonchev–Trinajstić information content (AvgIpc) is 2.53. The SMILES string of the molecule is CC(C)NC(C)C(C)C1CCOC1. The van der Waals surface area contributed by atoms with Crippen molar-refractivity contribution in [3.05, 3.63) is 0 Å². The molecule has 1 heterocycles. The fourth-order valence-electron chi connectivity index (χ4n) is 2.05. The molecule has 1 rings (SSSR count). The van der Waals surface area contributed by atoms with Crippen LogP contribution >= 0.6 is 0 Å². The van der Waals surface area contributed by atoms with Gasteiger partial charge in [-0.25, -0.2) is 0 Å². The van der Waals surface area contributed by atoms with Gasteiger partial charge in [0.1, 0.15) is 0 Å². The van der Waals surface area contributed by atoms with Crippen molar-refractivity contribution in [1.82, 2.24) is 5.32 Å². The minimum atomic E-state index is 0.583. The zero-order chi connectivity index (χ0) is 9.84. The van der Waals surface area contributed by atoms with Crippen LogP contribution < -0.4 is 5.32 Å². The van der Waals surface area contributed by atoms with Crippen molar-refractivity contribution in [3.63, 3.8) is 0 Å². The highest BCUT2D eigenvalue weighted by molar-refractivity contribution is 4.79. The fourth-order valence-corrected chi connectivity index (χ4v) is 2.05. The van der Waals surface area contributed by atoms with E-state index in [-0.39, 0.29) is 0 Å². The Bertz CT molecular complexity index is 141. The van der Waals surface area contributed by atoms with Crippen LogP contribution in [0.3, 0.4) is 0 Å². The molecular weight excluding hydrogens is 162 g/mol. The Morgan fingerprint density at radius 1 is 1.23 bits per heavy atom. The van der Waals surface area contributed by atoms with E-state index < -0.39 is 0 Å². The summed E-state index contributed by atoms with van der Waals surface area (Å²) in [6, 6.07) is 1.19. The van der Waals surface area contributed by atoms with Gasteiger partial charge in [0.15, 0.2) is 0 Å². The summed E-state index contributed by atoms with van der Waals surface area (Å²) < 4.78 is 5.41. The molecular formula is C11H23NO. The van der Waals surface area contributed by atoms with E-state index >= 15 is 0 Å². The number of rotatable bonds is 4. The second-order valence-electron chi connectivity index (χ2n) is 4.59. The van der Waals surface area contributed by atoms with Gasteiger partial charge in [-0.3, -0.25) is 0 Å². The summed E-state index contributed by atoms with van der Waals surface area (Å²) in [6.45, 7) is 10.9. The Morgan fingerprint density at radius 3 is 2.38 bits per heavy atom. The Morgan fingerprint density at radius 2 is 1.92 bits per heavy atom. The van der Waals surface area contributed by atoms with Crippen molar-refractivity contribution in [1.29, 1.82) is 0 Å². The molecule has 78 valence electrons. The summed E-state index contributed by atoms with van der Waals surface area (Å²) in [4.78, 5) is 0. The first-order chi connectivity index (χ1) is 6.11. The summed E-state index contributed by atoms with van der Waals surface area (Å²) in [5.41, 5.74) is 0. The molecule has 0 bridgehead atoms. The van der Waals surface area contributed by atoms with E-state index in [0.717, 1.165) is 25.0 Å². The lowest BCUT2D eigenvalue weighted by atomic mass is 9.87. The van der Waals surface area contributed by atoms with Crippen molar-refractivity contribution in [3.8, 4) is 0 Å². The number of ether oxygens (including phenoxy) is 1. The van der Waals surface area contributed by atoms with Gasteiger partial charge in [0.2, 0.25) is 0 Å². The van der Waals surface area contributed by atoms with Crippen LogP contribution in [0.15, 0.2) is 0 Å². The predicted octanol–water partition coefficient (Wildman–Crippen LogP) is 2.05. The van der Waals surface area contributed by atoms with E-state index in [1.807, 2.05) is 0 Å². The predicted molar refractivity (Wildman–Crippen MR) is 55.8 cm³/mol. The minimum Gasteiger partial charge on any atom is -0.381 e. The molecule has 0 aromatic heterocycles. The van der Waals surface area contributed by atoms with Crippen molar-refractivity contribution in [2.24, 2.45) is 11.8 Å². The maximum Gasteiger partial charge on any atom is 0.0498 e. The third kappa shape index (κ3) is 3.28. The van der Waals surface area contributed by atoms with Crippen LogP contribution in [0.2, 0.25) is 0 Å². The Hall–Kier alpha value is -0.0800. The topological polar surface area (TPSA) is 21.3 Å². The largest absolute Gasteiger partial charge is 0.381 e. The quantitative estimate of drug-likeness (QED) is 0.723. The van der Waals surface area contributed by atoms with Crippen LogP contribution in [0.4, 0.5) is 0 Å². The van der Waals surface area contributed by atoms with Gasteiger partial charge < -0.3 is 10.1 Å². The Balaban J connectivity index is 2.31. The highest BCUT2D eigenvalue weighted by atomic mass is 16.5. The maximum absolute atomic E-state index is 5.41. The first-order valence-corrected chi connectivity index (χ1v) is 5.45. The van der Waals surface area contributed by atoms with Gasteiger partial charge in [0.05, 0.1) is 0 Å². The van der Waals surface area contributed by atoms with Crippen LogP contribution in [0, 0.1) is 11.8 Å². The molecule has 2 nitrogen and oxygen atoms in total. The smallest absolute Gasteiger partial charge is 0.0498 e. The Kier molecular flexibility index (Phi) is 4.20. The molecule has 0 aromatic carbocycles. The van der Waals surface area contributed by atoms with E-state index in [4.69, 9.17) is 4.74 Å². The lowest BCUT2D eigenvalue weighted by Crippen LogP contribution is -2.39. The molecule has 0 amide bonds. The molecule has 0 aromatic rings. The average molecular weight is 185 g/mol. The highest BCUT2D eigenvalue weighted by Crippen LogP contribution is 2.24. The third-order valence-corrected chi connectivity index (χ3v) is 3.09. The van der Waals surface area contributed by atoms with Gasteiger partial charge in [-0.1, -0.05) is 20.8 Å². The van der Waals surface area contributed by atoms with E-state index in [2.05, 4.69) is 33.0 Å². The van der Waals surface area contributed by atoms with Crippen molar-refractivity contribution in [2.45, 2.75) is 46.2 Å². The van der Waals surface area contributed by atoms with Crippen LogP contribution in [-0.2, 0) is 4.74 Å². The van der Waals surface area contributed by atoms with E-state index in [1.165, 1.54) is 6.42 Å². The maximum atomic E-state index is 5.41. The molecule has 3 unspecified atom stereocenters. The van der Waals surface area contributed by atoms with Crippen molar-refractivity contribution < 1.29 is 4.74 Å². The first kappa shape index (κ1) is 11.0. The molecule has 1 aliphatic heterocycles. The molecule has 3 atom stereocenters. The molecule has 0 aliphatic carbocycles. The number of hydrogen-bond acceptors (Lipinski definition) is 2. The van der Waals surface area contributed by atoms with Crippen LogP contribution in [-0.4, -0.2) is 25.3 Å². The Labute approximate surface area is 82.0 Å². The van der Waals surface area contributed by atoms with Crippen molar-refractivity contribution >= 4 is 0 Å². The zero-order valence-electron chi connectivity index (χ0n) is 9.34. The molecule has 0 saturated carbocycles. The van der Waals surface area contributed by atoms with Gasteiger partial charge in [-0.05, 0) is 25.2 Å². The molecule has 1 N–H and O–H groups in total. The van der Waals surface area contributed by atoms with E-state index in [1.54, 1.807) is 0 Å². The summed E-state index contributed by atoms with van der Waals surface area (Å²) >= 11 is 0. The standard InChI is InChI=1S/C11H23NO/c1-8(2)12-10(4)9(3)11-5-6-13-7-11/h8-12H,5-7H2,1-4H3. The lowest BCUT2D eigenvalue weighted by Gasteiger charge is -2.27. The first-order valence-electron chi connectivity index (χ1n) is 5.45. The molecule has 1 aliphatic rings. The summed E-state index contributed by atoms with van der Waals surface area (Å²) in [7, 11) is 0. The number of nitrogens with one attached hydrogen (secondary N) is 1. The monoisotopic (exact) mass is 185 g/mol. The van der Waals surface area contributed by atoms with Crippen LogP contribution in [0.25, 0.3) is 0 Å². The molecule has 2 heteroatoms. The van der Waals surface area contributed by atoms with Gasteiger partial charge in [-0.2, -0.15) is 0 Å². The highest BCUT2D eigenvalue weighted by Gasteiger charge is 2.26. The van der Waals surface area contributed by atoms with Gasteiger partial charge in [0.25, 0.3) is 0 Å². The molecule has 1 saturated heterocycles. The lowest BCUT2D eigenvalue weighted by molar-refractivity contribution is 0.165. The normalized spacial score (nSPS) is 27.9. The second-order valence-corrected chi connectivity index (χ2v) is 4.59.